The first-order chi connectivity index (χ1) is 24.8. The largest absolute Gasteiger partial charge is 0.309 e. The fourth-order valence-electron chi connectivity index (χ4n) is 7.27. The van der Waals surface area contributed by atoms with E-state index < -0.39 is 0 Å². The van der Waals surface area contributed by atoms with Gasteiger partial charge in [0.15, 0.2) is 0 Å². The van der Waals surface area contributed by atoms with Gasteiger partial charge < -0.3 is 9.13 Å². The summed E-state index contributed by atoms with van der Waals surface area (Å²) in [4.78, 5) is 0. The minimum atomic E-state index is 1.17. The molecule has 0 spiro atoms. The SMILES string of the molecule is c1ccc(-c2ccccc2)cc1.c1ccc2c(c1)c1ccccc1n2-c1ccc(-c2ccc(-n3c4ccccc4c4ccccc43)cc2)cc1. The maximum atomic E-state index is 2.36. The molecule has 0 unspecified atom stereocenters. The zero-order chi connectivity index (χ0) is 33.3. The van der Waals surface area contributed by atoms with Gasteiger partial charge in [0.2, 0.25) is 0 Å². The van der Waals surface area contributed by atoms with E-state index in [1.165, 1.54) is 77.2 Å². The van der Waals surface area contributed by atoms with Crippen molar-refractivity contribution in [3.63, 3.8) is 0 Å². The van der Waals surface area contributed by atoms with Gasteiger partial charge in [0.05, 0.1) is 22.1 Å². The van der Waals surface area contributed by atoms with E-state index in [0.29, 0.717) is 0 Å². The number of para-hydroxylation sites is 4. The zero-order valence-corrected chi connectivity index (χ0v) is 27.5. The lowest BCUT2D eigenvalue weighted by molar-refractivity contribution is 1.18. The van der Waals surface area contributed by atoms with E-state index in [1.807, 2.05) is 12.1 Å². The van der Waals surface area contributed by atoms with Crippen LogP contribution in [0.25, 0.3) is 77.2 Å². The highest BCUT2D eigenvalue weighted by molar-refractivity contribution is 6.10. The summed E-state index contributed by atoms with van der Waals surface area (Å²) in [5.74, 6) is 0. The van der Waals surface area contributed by atoms with Crippen LogP contribution in [0, 0.1) is 0 Å². The number of hydrogen-bond acceptors (Lipinski definition) is 0. The van der Waals surface area contributed by atoms with E-state index in [1.54, 1.807) is 0 Å². The molecule has 0 fully saturated rings. The van der Waals surface area contributed by atoms with Crippen molar-refractivity contribution < 1.29 is 0 Å². The van der Waals surface area contributed by atoms with Gasteiger partial charge in [-0.2, -0.15) is 0 Å². The fraction of sp³-hybridized carbons (Fsp3) is 0. The topological polar surface area (TPSA) is 9.86 Å². The van der Waals surface area contributed by atoms with Gasteiger partial charge in [-0.25, -0.2) is 0 Å². The number of nitrogens with zero attached hydrogens (tertiary/aromatic N) is 2. The Kier molecular flexibility index (Phi) is 7.53. The van der Waals surface area contributed by atoms with Crippen LogP contribution in [-0.2, 0) is 0 Å². The van der Waals surface area contributed by atoms with Gasteiger partial charge in [-0.3, -0.25) is 0 Å². The van der Waals surface area contributed by atoms with Crippen molar-refractivity contribution in [2.24, 2.45) is 0 Å². The number of fused-ring (bicyclic) bond motifs is 6. The molecule has 0 saturated heterocycles. The molecule has 10 rings (SSSR count). The highest BCUT2D eigenvalue weighted by Gasteiger charge is 2.13. The summed E-state index contributed by atoms with van der Waals surface area (Å²) in [6, 6.07) is 73.2. The molecule has 2 aromatic heterocycles. The summed E-state index contributed by atoms with van der Waals surface area (Å²) in [5, 5.41) is 5.14. The quantitative estimate of drug-likeness (QED) is 0.182. The summed E-state index contributed by atoms with van der Waals surface area (Å²) in [6.45, 7) is 0. The molecular formula is C48H34N2. The number of rotatable bonds is 4. The number of hydrogen-bond donors (Lipinski definition) is 0. The molecule has 236 valence electrons. The second kappa shape index (κ2) is 12.8. The first-order valence-corrected chi connectivity index (χ1v) is 17.1. The second-order valence-corrected chi connectivity index (χ2v) is 12.6. The first kappa shape index (κ1) is 29.5. The Morgan fingerprint density at radius 3 is 0.740 bits per heavy atom. The number of benzene rings is 8. The normalized spacial score (nSPS) is 11.2. The molecule has 0 aliphatic rings. The Morgan fingerprint density at radius 2 is 0.440 bits per heavy atom. The van der Waals surface area contributed by atoms with Crippen molar-refractivity contribution in [2.75, 3.05) is 0 Å². The molecule has 8 aromatic carbocycles. The van der Waals surface area contributed by atoms with Crippen LogP contribution in [0.3, 0.4) is 0 Å². The Morgan fingerprint density at radius 1 is 0.200 bits per heavy atom. The Bertz CT molecular complexity index is 2420. The second-order valence-electron chi connectivity index (χ2n) is 12.6. The molecular weight excluding hydrogens is 605 g/mol. The van der Waals surface area contributed by atoms with Crippen LogP contribution in [0.4, 0.5) is 0 Å². The maximum Gasteiger partial charge on any atom is 0.0541 e. The lowest BCUT2D eigenvalue weighted by atomic mass is 10.0. The van der Waals surface area contributed by atoms with E-state index in [4.69, 9.17) is 0 Å². The van der Waals surface area contributed by atoms with Crippen LogP contribution in [0.2, 0.25) is 0 Å². The van der Waals surface area contributed by atoms with Crippen LogP contribution < -0.4 is 0 Å². The van der Waals surface area contributed by atoms with Gasteiger partial charge in [-0.1, -0.05) is 158 Å². The van der Waals surface area contributed by atoms with E-state index in [2.05, 4.69) is 203 Å². The van der Waals surface area contributed by atoms with Gasteiger partial charge in [-0.15, -0.1) is 0 Å². The molecule has 0 saturated carbocycles. The van der Waals surface area contributed by atoms with Gasteiger partial charge in [0, 0.05) is 32.9 Å². The molecule has 0 aliphatic heterocycles. The lowest BCUT2D eigenvalue weighted by Gasteiger charge is -2.11. The third kappa shape index (κ3) is 5.24. The van der Waals surface area contributed by atoms with Gasteiger partial charge in [0.1, 0.15) is 0 Å². The van der Waals surface area contributed by atoms with E-state index in [0.717, 1.165) is 0 Å². The summed E-state index contributed by atoms with van der Waals surface area (Å²) in [6.07, 6.45) is 0. The average molecular weight is 639 g/mol. The molecule has 0 aliphatic carbocycles. The van der Waals surface area contributed by atoms with Gasteiger partial charge in [-0.05, 0) is 70.8 Å². The molecule has 2 nitrogen and oxygen atoms in total. The van der Waals surface area contributed by atoms with E-state index >= 15 is 0 Å². The minimum Gasteiger partial charge on any atom is -0.309 e. The molecule has 0 radical (unpaired) electrons. The fourth-order valence-corrected chi connectivity index (χ4v) is 7.27. The summed E-state index contributed by atoms with van der Waals surface area (Å²) < 4.78 is 4.72. The zero-order valence-electron chi connectivity index (χ0n) is 27.5. The van der Waals surface area contributed by atoms with Crippen LogP contribution in [0.1, 0.15) is 0 Å². The molecule has 50 heavy (non-hydrogen) atoms. The smallest absolute Gasteiger partial charge is 0.0541 e. The predicted molar refractivity (Wildman–Crippen MR) is 212 cm³/mol. The molecule has 0 amide bonds. The minimum absolute atomic E-state index is 1.17. The average Bonchev–Trinajstić information content (AvgIpc) is 3.72. The standard InChI is InChI=1S/C36H24N2.C12H10/c1-5-13-33-29(9-1)30-10-2-6-14-34(30)37(33)27-21-17-25(18-22-27)26-19-23-28(24-20-26)38-35-15-7-3-11-31(35)32-12-4-8-16-36(32)38;1-3-7-11(8-4-1)12-9-5-2-6-10-12/h1-24H;1-10H. The van der Waals surface area contributed by atoms with Crippen molar-refractivity contribution in [3.8, 4) is 33.6 Å². The van der Waals surface area contributed by atoms with Gasteiger partial charge >= 0.3 is 0 Å². The van der Waals surface area contributed by atoms with Crippen LogP contribution in [0.15, 0.2) is 206 Å². The van der Waals surface area contributed by atoms with Crippen molar-refractivity contribution in [1.82, 2.24) is 9.13 Å². The van der Waals surface area contributed by atoms with Crippen LogP contribution in [-0.4, -0.2) is 9.13 Å². The highest BCUT2D eigenvalue weighted by atomic mass is 15.0. The maximum absolute atomic E-state index is 2.36. The molecule has 2 heteroatoms. The predicted octanol–water partition coefficient (Wildman–Crippen LogP) is 12.9. The van der Waals surface area contributed by atoms with Gasteiger partial charge in [0.25, 0.3) is 0 Å². The molecule has 10 aromatic rings. The van der Waals surface area contributed by atoms with Crippen molar-refractivity contribution in [2.45, 2.75) is 0 Å². The molecule has 0 bridgehead atoms. The third-order valence-corrected chi connectivity index (χ3v) is 9.63. The van der Waals surface area contributed by atoms with Crippen molar-refractivity contribution in [3.05, 3.63) is 206 Å². The van der Waals surface area contributed by atoms with Crippen LogP contribution >= 0.6 is 0 Å². The van der Waals surface area contributed by atoms with Crippen LogP contribution in [0.5, 0.6) is 0 Å². The first-order valence-electron chi connectivity index (χ1n) is 17.1. The van der Waals surface area contributed by atoms with E-state index in [9.17, 15) is 0 Å². The lowest BCUT2D eigenvalue weighted by Crippen LogP contribution is -1.94. The molecule has 2 heterocycles. The number of aromatic nitrogens is 2. The van der Waals surface area contributed by atoms with Crippen molar-refractivity contribution in [1.29, 1.82) is 0 Å². The Hall–Kier alpha value is -6.64. The summed E-state index contributed by atoms with van der Waals surface area (Å²) in [5.41, 5.74) is 12.3. The monoisotopic (exact) mass is 638 g/mol. The third-order valence-electron chi connectivity index (χ3n) is 9.63. The molecule has 0 N–H and O–H groups in total. The Labute approximate surface area is 291 Å². The summed E-state index contributed by atoms with van der Waals surface area (Å²) in [7, 11) is 0. The van der Waals surface area contributed by atoms with Crippen molar-refractivity contribution >= 4 is 43.6 Å². The molecule has 0 atom stereocenters. The summed E-state index contributed by atoms with van der Waals surface area (Å²) >= 11 is 0. The van der Waals surface area contributed by atoms with E-state index in [-0.39, 0.29) is 0 Å². The Balaban J connectivity index is 0.000000237. The highest BCUT2D eigenvalue weighted by Crippen LogP contribution is 2.34.